The number of imidazole rings is 1. The van der Waals surface area contributed by atoms with E-state index in [2.05, 4.69) is 15.3 Å². The highest BCUT2D eigenvalue weighted by Crippen LogP contribution is 2.39. The molecule has 0 saturated heterocycles. The lowest BCUT2D eigenvalue weighted by Crippen LogP contribution is -2.26. The van der Waals surface area contributed by atoms with E-state index in [-0.39, 0.29) is 5.91 Å². The number of carbonyl (C=O) groups is 1. The van der Waals surface area contributed by atoms with E-state index in [0.717, 1.165) is 16.9 Å². The molecule has 2 N–H and O–H groups in total. The zero-order chi connectivity index (χ0) is 20.6. The molecule has 29 heavy (non-hydrogen) atoms. The predicted octanol–water partition coefficient (Wildman–Crippen LogP) is 3.73. The maximum atomic E-state index is 12.7. The summed E-state index contributed by atoms with van der Waals surface area (Å²) in [7, 11) is 0. The van der Waals surface area contributed by atoms with Crippen LogP contribution >= 0.6 is 0 Å². The number of rotatable bonds is 10. The summed E-state index contributed by atoms with van der Waals surface area (Å²) in [6.45, 7) is 7.52. The van der Waals surface area contributed by atoms with Crippen LogP contribution in [-0.2, 0) is 6.42 Å². The fraction of sp³-hybridized carbons (Fsp3) is 0.364. The summed E-state index contributed by atoms with van der Waals surface area (Å²) in [6, 6.07) is 11.2. The number of nitrogens with zero attached hydrogens (tertiary/aromatic N) is 1. The van der Waals surface area contributed by atoms with Gasteiger partial charge in [0.1, 0.15) is 5.82 Å². The van der Waals surface area contributed by atoms with Gasteiger partial charge in [-0.15, -0.1) is 0 Å². The molecule has 0 unspecified atom stereocenters. The number of carbonyl (C=O) groups excluding carboxylic acids is 1. The molecule has 1 aromatic heterocycles. The first-order valence-electron chi connectivity index (χ1n) is 9.94. The van der Waals surface area contributed by atoms with Gasteiger partial charge >= 0.3 is 0 Å². The first-order valence-corrected chi connectivity index (χ1v) is 9.94. The molecule has 0 saturated carbocycles. The normalized spacial score (nSPS) is 10.7. The molecule has 7 heteroatoms. The van der Waals surface area contributed by atoms with Crippen LogP contribution < -0.4 is 19.5 Å². The van der Waals surface area contributed by atoms with Crippen molar-refractivity contribution in [2.45, 2.75) is 27.2 Å². The summed E-state index contributed by atoms with van der Waals surface area (Å²) in [4.78, 5) is 20.5. The van der Waals surface area contributed by atoms with Crippen LogP contribution in [0.3, 0.4) is 0 Å². The maximum absolute atomic E-state index is 12.7. The Balaban J connectivity index is 1.71. The van der Waals surface area contributed by atoms with Gasteiger partial charge in [0.25, 0.3) is 5.91 Å². The summed E-state index contributed by atoms with van der Waals surface area (Å²) < 4.78 is 17.0. The number of para-hydroxylation sites is 2. The first-order chi connectivity index (χ1) is 14.2. The van der Waals surface area contributed by atoms with Gasteiger partial charge in [-0.3, -0.25) is 4.79 Å². The number of nitrogens with one attached hydrogen (secondary N) is 2. The number of aromatic nitrogens is 2. The van der Waals surface area contributed by atoms with Crippen LogP contribution in [-0.4, -0.2) is 42.2 Å². The van der Waals surface area contributed by atoms with Crippen molar-refractivity contribution in [1.29, 1.82) is 0 Å². The molecule has 1 amide bonds. The predicted molar refractivity (Wildman–Crippen MR) is 112 cm³/mol. The molecule has 0 radical (unpaired) electrons. The van der Waals surface area contributed by atoms with Crippen LogP contribution in [0.1, 0.15) is 37.0 Å². The molecule has 0 bridgehead atoms. The van der Waals surface area contributed by atoms with Gasteiger partial charge in [0.05, 0.1) is 30.9 Å². The van der Waals surface area contributed by atoms with E-state index in [1.165, 1.54) is 0 Å². The van der Waals surface area contributed by atoms with Crippen LogP contribution in [0.25, 0.3) is 11.0 Å². The largest absolute Gasteiger partial charge is 0.490 e. The van der Waals surface area contributed by atoms with E-state index in [4.69, 9.17) is 14.2 Å². The standard InChI is InChI=1S/C22H27N3O4/c1-4-27-18-13-15(14-19(28-5-2)21(18)29-6-3)22(26)23-12-11-20-24-16-9-7-8-10-17(16)25-20/h7-10,13-14H,4-6,11-12H2,1-3H3,(H,23,26)(H,24,25). The van der Waals surface area contributed by atoms with Crippen molar-refractivity contribution in [3.8, 4) is 17.2 Å². The molecule has 154 valence electrons. The highest BCUT2D eigenvalue weighted by atomic mass is 16.5. The Morgan fingerprint density at radius 1 is 1.00 bits per heavy atom. The Hall–Kier alpha value is -3.22. The number of benzene rings is 2. The molecule has 2 aromatic carbocycles. The Kier molecular flexibility index (Phi) is 6.94. The lowest BCUT2D eigenvalue weighted by molar-refractivity contribution is 0.0953. The Morgan fingerprint density at radius 3 is 2.28 bits per heavy atom. The highest BCUT2D eigenvalue weighted by molar-refractivity contribution is 5.95. The van der Waals surface area contributed by atoms with Gasteiger partial charge in [0, 0.05) is 18.5 Å². The molecule has 0 fully saturated rings. The Bertz CT molecular complexity index is 908. The Morgan fingerprint density at radius 2 is 1.66 bits per heavy atom. The van der Waals surface area contributed by atoms with Gasteiger partial charge in [0.15, 0.2) is 11.5 Å². The van der Waals surface area contributed by atoms with Crippen LogP contribution in [0.15, 0.2) is 36.4 Å². The van der Waals surface area contributed by atoms with Crippen molar-refractivity contribution in [2.75, 3.05) is 26.4 Å². The zero-order valence-electron chi connectivity index (χ0n) is 17.1. The molecule has 7 nitrogen and oxygen atoms in total. The summed E-state index contributed by atoms with van der Waals surface area (Å²) in [5.41, 5.74) is 2.37. The second kappa shape index (κ2) is 9.82. The summed E-state index contributed by atoms with van der Waals surface area (Å²) >= 11 is 0. The Labute approximate surface area is 170 Å². The number of ether oxygens (including phenoxy) is 3. The molecular formula is C22H27N3O4. The average Bonchev–Trinajstić information content (AvgIpc) is 3.13. The third-order valence-electron chi connectivity index (χ3n) is 4.26. The van der Waals surface area contributed by atoms with Crippen molar-refractivity contribution < 1.29 is 19.0 Å². The smallest absolute Gasteiger partial charge is 0.251 e. The number of aromatic amines is 1. The quantitative estimate of drug-likeness (QED) is 0.544. The minimum atomic E-state index is -0.203. The molecule has 0 atom stereocenters. The summed E-state index contributed by atoms with van der Waals surface area (Å²) in [5, 5.41) is 2.93. The molecule has 0 aliphatic rings. The molecule has 0 spiro atoms. The number of hydrogen-bond acceptors (Lipinski definition) is 5. The van der Waals surface area contributed by atoms with Gasteiger partial charge in [0.2, 0.25) is 5.75 Å². The molecule has 3 aromatic rings. The second-order valence-electron chi connectivity index (χ2n) is 6.31. The van der Waals surface area contributed by atoms with E-state index in [0.29, 0.717) is 55.6 Å². The number of fused-ring (bicyclic) bond motifs is 1. The fourth-order valence-electron chi connectivity index (χ4n) is 3.04. The summed E-state index contributed by atoms with van der Waals surface area (Å²) in [6.07, 6.45) is 0.605. The fourth-order valence-corrected chi connectivity index (χ4v) is 3.04. The summed E-state index contributed by atoms with van der Waals surface area (Å²) in [5.74, 6) is 2.16. The van der Waals surface area contributed by atoms with E-state index in [1.807, 2.05) is 45.0 Å². The topological polar surface area (TPSA) is 85.5 Å². The van der Waals surface area contributed by atoms with Gasteiger partial charge in [-0.25, -0.2) is 4.98 Å². The lowest BCUT2D eigenvalue weighted by Gasteiger charge is -2.17. The number of amides is 1. The minimum absolute atomic E-state index is 0.203. The molecule has 3 rings (SSSR count). The molecular weight excluding hydrogens is 370 g/mol. The van der Waals surface area contributed by atoms with Crippen LogP contribution in [0.4, 0.5) is 0 Å². The monoisotopic (exact) mass is 397 g/mol. The molecule has 1 heterocycles. The zero-order valence-corrected chi connectivity index (χ0v) is 17.1. The third-order valence-corrected chi connectivity index (χ3v) is 4.26. The number of H-pyrrole nitrogens is 1. The number of hydrogen-bond donors (Lipinski definition) is 2. The molecule has 0 aliphatic heterocycles. The first kappa shape index (κ1) is 20.5. The van der Waals surface area contributed by atoms with Crippen molar-refractivity contribution in [1.82, 2.24) is 15.3 Å². The van der Waals surface area contributed by atoms with Crippen molar-refractivity contribution in [2.24, 2.45) is 0 Å². The minimum Gasteiger partial charge on any atom is -0.490 e. The lowest BCUT2D eigenvalue weighted by atomic mass is 10.1. The van der Waals surface area contributed by atoms with Crippen LogP contribution in [0.2, 0.25) is 0 Å². The highest BCUT2D eigenvalue weighted by Gasteiger charge is 2.18. The van der Waals surface area contributed by atoms with E-state index >= 15 is 0 Å². The van der Waals surface area contributed by atoms with Gasteiger partial charge in [-0.2, -0.15) is 0 Å². The average molecular weight is 397 g/mol. The maximum Gasteiger partial charge on any atom is 0.251 e. The SMILES string of the molecule is CCOc1cc(C(=O)NCCc2nc3ccccc3[nH]2)cc(OCC)c1OCC. The second-order valence-corrected chi connectivity index (χ2v) is 6.31. The van der Waals surface area contributed by atoms with E-state index < -0.39 is 0 Å². The van der Waals surface area contributed by atoms with E-state index in [9.17, 15) is 4.79 Å². The molecule has 0 aliphatic carbocycles. The van der Waals surface area contributed by atoms with Crippen LogP contribution in [0.5, 0.6) is 17.2 Å². The van der Waals surface area contributed by atoms with Gasteiger partial charge < -0.3 is 24.5 Å². The van der Waals surface area contributed by atoms with Crippen LogP contribution in [0, 0.1) is 0 Å². The van der Waals surface area contributed by atoms with Crippen molar-refractivity contribution >= 4 is 16.9 Å². The van der Waals surface area contributed by atoms with Gasteiger partial charge in [-0.05, 0) is 45.0 Å². The van der Waals surface area contributed by atoms with Crippen molar-refractivity contribution in [3.63, 3.8) is 0 Å². The van der Waals surface area contributed by atoms with E-state index in [1.54, 1.807) is 12.1 Å². The van der Waals surface area contributed by atoms with Gasteiger partial charge in [-0.1, -0.05) is 12.1 Å². The van der Waals surface area contributed by atoms with Crippen molar-refractivity contribution in [3.05, 3.63) is 47.8 Å². The third kappa shape index (κ3) is 4.99.